The van der Waals surface area contributed by atoms with Crippen LogP contribution < -0.4 is 5.32 Å². The van der Waals surface area contributed by atoms with E-state index >= 15 is 0 Å². The Kier molecular flexibility index (Phi) is 5.79. The van der Waals surface area contributed by atoms with Crippen LogP contribution in [0, 0.1) is 0 Å². The molecule has 1 aliphatic rings. The third-order valence-corrected chi connectivity index (χ3v) is 3.68. The fourth-order valence-electron chi connectivity index (χ4n) is 2.67. The van der Waals surface area contributed by atoms with Gasteiger partial charge in [-0.1, -0.05) is 6.92 Å². The average Bonchev–Trinajstić information content (AvgIpc) is 3.07. The molecule has 0 aliphatic carbocycles. The summed E-state index contributed by atoms with van der Waals surface area (Å²) in [6.07, 6.45) is 7.66. The Morgan fingerprint density at radius 3 is 3.11 bits per heavy atom. The molecule has 2 rings (SSSR count). The zero-order valence-electron chi connectivity index (χ0n) is 12.1. The second-order valence-electron chi connectivity index (χ2n) is 5.22. The summed E-state index contributed by atoms with van der Waals surface area (Å²) in [6.45, 7) is 7.17. The molecule has 108 valence electrons. The summed E-state index contributed by atoms with van der Waals surface area (Å²) in [7, 11) is 0. The molecule has 0 bridgehead atoms. The van der Waals surface area contributed by atoms with Crippen molar-refractivity contribution in [3.05, 3.63) is 12.2 Å². The summed E-state index contributed by atoms with van der Waals surface area (Å²) < 4.78 is 7.74. The van der Waals surface area contributed by atoms with Crippen molar-refractivity contribution in [3.8, 4) is 0 Å². The molecular formula is C14H26N4O. The van der Waals surface area contributed by atoms with E-state index in [1.165, 1.54) is 12.8 Å². The van der Waals surface area contributed by atoms with Gasteiger partial charge in [-0.3, -0.25) is 4.68 Å². The lowest BCUT2D eigenvalue weighted by Crippen LogP contribution is -2.36. The molecule has 1 aromatic rings. The van der Waals surface area contributed by atoms with Crippen molar-refractivity contribution in [3.63, 3.8) is 0 Å². The molecule has 1 aromatic heterocycles. The maximum absolute atomic E-state index is 5.76. The van der Waals surface area contributed by atoms with E-state index in [0.29, 0.717) is 12.1 Å². The first kappa shape index (κ1) is 14.5. The Morgan fingerprint density at radius 1 is 1.53 bits per heavy atom. The standard InChI is InChI=1S/C14H26N4O/c1-3-7-15-12(9-13-6-5-8-19-13)10-14-16-11-17-18(14)4-2/h11-13,15H,3-10H2,1-2H3. The minimum atomic E-state index is 0.423. The van der Waals surface area contributed by atoms with Crippen LogP contribution in [-0.2, 0) is 17.7 Å². The first-order valence-corrected chi connectivity index (χ1v) is 7.55. The highest BCUT2D eigenvalue weighted by Crippen LogP contribution is 2.18. The van der Waals surface area contributed by atoms with Crippen molar-refractivity contribution in [1.82, 2.24) is 20.1 Å². The van der Waals surface area contributed by atoms with E-state index < -0.39 is 0 Å². The molecule has 1 N–H and O–H groups in total. The fourth-order valence-corrected chi connectivity index (χ4v) is 2.67. The van der Waals surface area contributed by atoms with Gasteiger partial charge in [0.2, 0.25) is 0 Å². The van der Waals surface area contributed by atoms with Crippen LogP contribution in [0.5, 0.6) is 0 Å². The maximum Gasteiger partial charge on any atom is 0.138 e. The minimum absolute atomic E-state index is 0.423. The van der Waals surface area contributed by atoms with E-state index in [1.807, 2.05) is 4.68 Å². The Bertz CT molecular complexity index is 360. The molecule has 0 spiro atoms. The first-order valence-electron chi connectivity index (χ1n) is 7.55. The van der Waals surface area contributed by atoms with Crippen LogP contribution in [0.2, 0.25) is 0 Å². The monoisotopic (exact) mass is 266 g/mol. The third kappa shape index (κ3) is 4.28. The normalized spacial score (nSPS) is 20.8. The Hall–Kier alpha value is -0.940. The van der Waals surface area contributed by atoms with Crippen molar-refractivity contribution >= 4 is 0 Å². The number of aromatic nitrogens is 3. The van der Waals surface area contributed by atoms with Crippen molar-refractivity contribution < 1.29 is 4.74 Å². The summed E-state index contributed by atoms with van der Waals surface area (Å²) in [5, 5.41) is 7.87. The highest BCUT2D eigenvalue weighted by molar-refractivity contribution is 4.91. The van der Waals surface area contributed by atoms with Gasteiger partial charge in [0, 0.05) is 25.6 Å². The van der Waals surface area contributed by atoms with Crippen LogP contribution in [0.4, 0.5) is 0 Å². The highest BCUT2D eigenvalue weighted by atomic mass is 16.5. The molecule has 2 heterocycles. The number of rotatable bonds is 8. The molecule has 0 aromatic carbocycles. The van der Waals surface area contributed by atoms with E-state index in [-0.39, 0.29) is 0 Å². The van der Waals surface area contributed by atoms with Crippen LogP contribution in [0.25, 0.3) is 0 Å². The Labute approximate surface area is 115 Å². The van der Waals surface area contributed by atoms with Gasteiger partial charge in [0.25, 0.3) is 0 Å². The van der Waals surface area contributed by atoms with Crippen molar-refractivity contribution in [1.29, 1.82) is 0 Å². The molecule has 1 aliphatic heterocycles. The second kappa shape index (κ2) is 7.60. The number of ether oxygens (including phenoxy) is 1. The van der Waals surface area contributed by atoms with Crippen molar-refractivity contribution in [2.45, 2.75) is 64.6 Å². The van der Waals surface area contributed by atoms with Gasteiger partial charge in [0.1, 0.15) is 12.2 Å². The lowest BCUT2D eigenvalue weighted by atomic mass is 10.0. The van der Waals surface area contributed by atoms with Gasteiger partial charge in [-0.15, -0.1) is 0 Å². The molecule has 5 heteroatoms. The summed E-state index contributed by atoms with van der Waals surface area (Å²) in [5.41, 5.74) is 0. The van der Waals surface area contributed by atoms with Crippen molar-refractivity contribution in [2.24, 2.45) is 0 Å². The summed E-state index contributed by atoms with van der Waals surface area (Å²) in [6, 6.07) is 0.442. The van der Waals surface area contributed by atoms with Gasteiger partial charge in [-0.2, -0.15) is 5.10 Å². The molecule has 2 unspecified atom stereocenters. The van der Waals surface area contributed by atoms with Crippen LogP contribution >= 0.6 is 0 Å². The largest absolute Gasteiger partial charge is 0.378 e. The molecule has 0 amide bonds. The number of hydrogen-bond donors (Lipinski definition) is 1. The molecule has 1 saturated heterocycles. The Balaban J connectivity index is 1.92. The molecular weight excluding hydrogens is 240 g/mol. The zero-order valence-corrected chi connectivity index (χ0v) is 12.1. The maximum atomic E-state index is 5.76. The summed E-state index contributed by atoms with van der Waals surface area (Å²) in [4.78, 5) is 4.38. The van der Waals surface area contributed by atoms with E-state index in [2.05, 4.69) is 29.2 Å². The van der Waals surface area contributed by atoms with Crippen LogP contribution in [0.3, 0.4) is 0 Å². The molecule has 19 heavy (non-hydrogen) atoms. The number of aryl methyl sites for hydroxylation is 1. The fraction of sp³-hybridized carbons (Fsp3) is 0.857. The SMILES string of the molecule is CCCNC(Cc1ncnn1CC)CC1CCCO1. The second-order valence-corrected chi connectivity index (χ2v) is 5.22. The first-order chi connectivity index (χ1) is 9.33. The highest BCUT2D eigenvalue weighted by Gasteiger charge is 2.22. The van der Waals surface area contributed by atoms with E-state index in [9.17, 15) is 0 Å². The molecule has 0 saturated carbocycles. The molecule has 5 nitrogen and oxygen atoms in total. The van der Waals surface area contributed by atoms with Gasteiger partial charge in [0.15, 0.2) is 0 Å². The van der Waals surface area contributed by atoms with Gasteiger partial charge >= 0.3 is 0 Å². The number of nitrogens with zero attached hydrogens (tertiary/aromatic N) is 3. The lowest BCUT2D eigenvalue weighted by molar-refractivity contribution is 0.0942. The summed E-state index contributed by atoms with van der Waals surface area (Å²) in [5.74, 6) is 1.08. The van der Waals surface area contributed by atoms with E-state index in [1.54, 1.807) is 6.33 Å². The predicted octanol–water partition coefficient (Wildman–Crippen LogP) is 1.78. The third-order valence-electron chi connectivity index (χ3n) is 3.68. The zero-order chi connectivity index (χ0) is 13.5. The van der Waals surface area contributed by atoms with Gasteiger partial charge in [-0.05, 0) is 39.2 Å². The predicted molar refractivity (Wildman–Crippen MR) is 75.1 cm³/mol. The van der Waals surface area contributed by atoms with Crippen molar-refractivity contribution in [2.75, 3.05) is 13.2 Å². The average molecular weight is 266 g/mol. The molecule has 0 radical (unpaired) electrons. The number of nitrogens with one attached hydrogen (secondary N) is 1. The van der Waals surface area contributed by atoms with Gasteiger partial charge in [-0.25, -0.2) is 4.98 Å². The van der Waals surface area contributed by atoms with Crippen LogP contribution in [0.15, 0.2) is 6.33 Å². The van der Waals surface area contributed by atoms with Crippen LogP contribution in [0.1, 0.15) is 45.4 Å². The topological polar surface area (TPSA) is 52.0 Å². The smallest absolute Gasteiger partial charge is 0.138 e. The lowest BCUT2D eigenvalue weighted by Gasteiger charge is -2.21. The quantitative estimate of drug-likeness (QED) is 0.779. The minimum Gasteiger partial charge on any atom is -0.378 e. The van der Waals surface area contributed by atoms with E-state index in [0.717, 1.165) is 44.8 Å². The van der Waals surface area contributed by atoms with Crippen LogP contribution in [-0.4, -0.2) is 40.1 Å². The number of hydrogen-bond acceptors (Lipinski definition) is 4. The molecule has 1 fully saturated rings. The Morgan fingerprint density at radius 2 is 2.42 bits per heavy atom. The van der Waals surface area contributed by atoms with Gasteiger partial charge < -0.3 is 10.1 Å². The van der Waals surface area contributed by atoms with Gasteiger partial charge in [0.05, 0.1) is 6.10 Å². The van der Waals surface area contributed by atoms with E-state index in [4.69, 9.17) is 4.74 Å². The summed E-state index contributed by atoms with van der Waals surface area (Å²) >= 11 is 0. The molecule has 2 atom stereocenters.